The topological polar surface area (TPSA) is 314 Å². The number of aliphatic imine (C=N–C) groups is 1. The smallest absolute Gasteiger partial charge is 0.313 e. The molecule has 0 aromatic heterocycles. The molecule has 2 amide bonds. The SMILES string of the molecule is CCCN(OCC)C(=O)C1=Cc2ccc(-c3ccc(C(O)N4C[C@H](O)C[C@H]4C(=O)NCCOCCOCCOCCOCCOCCOCCOCCOCCOCCOCCC(=O)Oc4c(F)c(F)c(S(=O)(=O)O)c(F)c4F)cc3)cc2N=C(N)C1. The number of benzene rings is 3. The average Bonchev–Trinajstić information content (AvgIpc) is 1.74. The van der Waals surface area contributed by atoms with E-state index in [-0.39, 0.29) is 77.4 Å². The van der Waals surface area contributed by atoms with Gasteiger partial charge in [-0.1, -0.05) is 43.3 Å². The average molecular weight is 1260 g/mol. The summed E-state index contributed by atoms with van der Waals surface area (Å²) in [6, 6.07) is 12.2. The quantitative estimate of drug-likeness (QED) is 0.0102. The molecule has 1 saturated heterocycles. The molecule has 3 aromatic carbocycles. The van der Waals surface area contributed by atoms with Gasteiger partial charge in [0.1, 0.15) is 12.1 Å². The van der Waals surface area contributed by atoms with Gasteiger partial charge in [0.15, 0.2) is 16.5 Å². The molecule has 30 heteroatoms. The predicted molar refractivity (Wildman–Crippen MR) is 303 cm³/mol. The van der Waals surface area contributed by atoms with E-state index in [9.17, 15) is 50.6 Å². The van der Waals surface area contributed by atoms with E-state index in [1.54, 1.807) is 23.1 Å². The molecule has 3 atom stereocenters. The largest absolute Gasteiger partial charge is 0.420 e. The van der Waals surface area contributed by atoms with Gasteiger partial charge in [0.25, 0.3) is 5.91 Å². The molecule has 3 aromatic rings. The minimum absolute atomic E-state index is 0.0113. The van der Waals surface area contributed by atoms with Crippen molar-refractivity contribution in [3.8, 4) is 16.9 Å². The van der Waals surface area contributed by atoms with Gasteiger partial charge in [0, 0.05) is 37.2 Å². The lowest BCUT2D eigenvalue weighted by molar-refractivity contribution is -0.180. The Morgan fingerprint density at radius 3 is 1.64 bits per heavy atom. The van der Waals surface area contributed by atoms with Gasteiger partial charge in [0.05, 0.1) is 163 Å². The predicted octanol–water partition coefficient (Wildman–Crippen LogP) is 3.83. The van der Waals surface area contributed by atoms with Gasteiger partial charge in [-0.3, -0.25) is 28.7 Å². The molecule has 87 heavy (non-hydrogen) atoms. The third-order valence-electron chi connectivity index (χ3n) is 12.7. The number of esters is 1. The van der Waals surface area contributed by atoms with Crippen molar-refractivity contribution in [1.82, 2.24) is 15.3 Å². The van der Waals surface area contributed by atoms with Crippen LogP contribution in [-0.4, -0.2) is 227 Å². The van der Waals surface area contributed by atoms with E-state index in [2.05, 4.69) is 15.0 Å². The maximum absolute atomic E-state index is 14.0. The summed E-state index contributed by atoms with van der Waals surface area (Å²) < 4.78 is 145. The number of nitrogens with zero attached hydrogens (tertiary/aromatic N) is 3. The van der Waals surface area contributed by atoms with Gasteiger partial charge in [-0.05, 0) is 48.6 Å². The second-order valence-corrected chi connectivity index (χ2v) is 20.5. The van der Waals surface area contributed by atoms with Crippen LogP contribution in [0.2, 0.25) is 0 Å². The molecule has 0 saturated carbocycles. The lowest BCUT2D eigenvalue weighted by atomic mass is 9.99. The minimum Gasteiger partial charge on any atom is -0.420 e. The number of hydrogen-bond acceptors (Lipinski definition) is 22. The van der Waals surface area contributed by atoms with E-state index in [1.807, 2.05) is 44.2 Å². The van der Waals surface area contributed by atoms with Crippen LogP contribution in [0.3, 0.4) is 0 Å². The third-order valence-corrected chi connectivity index (χ3v) is 13.6. The monoisotopic (exact) mass is 1260 g/mol. The standard InChI is InChI=1S/C57H79F4N5O20S/c1-3-13-66(85-4-2)57(71)43-34-42-10-9-41(35-45(42)64-47(62)36-43)39-5-7-40(8-6-39)56(70)65-38-44(67)37-46(65)55(69)63-12-15-76-17-19-78-21-23-80-25-27-82-29-31-84-33-32-83-30-28-81-26-24-79-22-20-77-18-16-75-14-11-48(68)86-53-49(58)51(60)54(87(72,73)74)52(61)50(53)59/h5-10,34-35,44,46,56,67,70H,3-4,11-33,36-38H2,1-2H3,(H2,62,64)(H,63,69)(H,72,73,74)/t44-,46+,56?/m1/s1. The van der Waals surface area contributed by atoms with Crippen LogP contribution in [0.15, 0.2) is 57.9 Å². The highest BCUT2D eigenvalue weighted by Crippen LogP contribution is 2.35. The van der Waals surface area contributed by atoms with Crippen molar-refractivity contribution in [2.45, 2.75) is 62.8 Å². The first-order valence-electron chi connectivity index (χ1n) is 28.4. The number of carbonyl (C=O) groups is 3. The van der Waals surface area contributed by atoms with E-state index in [0.29, 0.717) is 128 Å². The Morgan fingerprint density at radius 1 is 0.701 bits per heavy atom. The van der Waals surface area contributed by atoms with Crippen molar-refractivity contribution in [1.29, 1.82) is 0 Å². The van der Waals surface area contributed by atoms with Crippen LogP contribution in [0.1, 0.15) is 56.9 Å². The molecule has 2 heterocycles. The number of hydroxylamine groups is 2. The number of β-amino-alcohol motifs (C(OH)–C–C–N with tert-alkyl or cyclic N) is 1. The summed E-state index contributed by atoms with van der Waals surface area (Å²) in [5.74, 6) is -13.0. The van der Waals surface area contributed by atoms with E-state index in [0.717, 1.165) is 23.1 Å². The highest BCUT2D eigenvalue weighted by atomic mass is 32.2. The summed E-state index contributed by atoms with van der Waals surface area (Å²) in [5.41, 5.74) is 10.4. The molecule has 0 bridgehead atoms. The van der Waals surface area contributed by atoms with Crippen LogP contribution in [0, 0.1) is 23.3 Å². The fourth-order valence-corrected chi connectivity index (χ4v) is 9.16. The van der Waals surface area contributed by atoms with Crippen molar-refractivity contribution in [3.63, 3.8) is 0 Å². The second kappa shape index (κ2) is 39.4. The van der Waals surface area contributed by atoms with Gasteiger partial charge in [-0.15, -0.1) is 0 Å². The lowest BCUT2D eigenvalue weighted by Gasteiger charge is -2.28. The summed E-state index contributed by atoms with van der Waals surface area (Å²) in [6.45, 7) is 10.5. The van der Waals surface area contributed by atoms with Gasteiger partial charge in [-0.2, -0.15) is 17.2 Å². The van der Waals surface area contributed by atoms with Crippen LogP contribution in [0.25, 0.3) is 17.2 Å². The number of aliphatic hydroxyl groups excluding tert-OH is 2. The molecule has 0 radical (unpaired) electrons. The normalized spacial score (nSPS) is 15.6. The number of amides is 2. The number of halogens is 4. The highest BCUT2D eigenvalue weighted by molar-refractivity contribution is 7.85. The zero-order valence-corrected chi connectivity index (χ0v) is 49.6. The lowest BCUT2D eigenvalue weighted by Crippen LogP contribution is -2.45. The molecule has 2 aliphatic rings. The fraction of sp³-hybridized carbons (Fsp3) is 0.579. The van der Waals surface area contributed by atoms with Crippen LogP contribution in [0.4, 0.5) is 23.2 Å². The van der Waals surface area contributed by atoms with Crippen molar-refractivity contribution in [3.05, 3.63) is 82.4 Å². The molecule has 0 aliphatic carbocycles. The number of fused-ring (bicyclic) bond motifs is 1. The van der Waals surface area contributed by atoms with Gasteiger partial charge in [0.2, 0.25) is 23.3 Å². The van der Waals surface area contributed by atoms with Crippen LogP contribution < -0.4 is 15.8 Å². The summed E-state index contributed by atoms with van der Waals surface area (Å²) in [6.07, 6.45) is 0.364. The Kier molecular flexibility index (Phi) is 32.6. The number of nitrogens with one attached hydrogen (secondary N) is 1. The summed E-state index contributed by atoms with van der Waals surface area (Å²) in [4.78, 5) is 47.9. The van der Waals surface area contributed by atoms with Crippen molar-refractivity contribution in [2.24, 2.45) is 10.7 Å². The summed E-state index contributed by atoms with van der Waals surface area (Å²) >= 11 is 0. The molecule has 6 N–H and O–H groups in total. The summed E-state index contributed by atoms with van der Waals surface area (Å²) in [5, 5.41) is 26.1. The number of ether oxygens (including phenoxy) is 11. The molecule has 0 spiro atoms. The Hall–Kier alpha value is -5.65. The third kappa shape index (κ3) is 24.7. The van der Waals surface area contributed by atoms with Crippen LogP contribution in [-0.2, 0) is 76.7 Å². The van der Waals surface area contributed by atoms with E-state index < -0.39 is 74.8 Å². The van der Waals surface area contributed by atoms with Crippen molar-refractivity contribution >= 4 is 45.5 Å². The zero-order chi connectivity index (χ0) is 63.0. The first-order valence-corrected chi connectivity index (χ1v) is 29.8. The van der Waals surface area contributed by atoms with Crippen molar-refractivity contribution < 1.29 is 112 Å². The molecule has 25 nitrogen and oxygen atoms in total. The van der Waals surface area contributed by atoms with Crippen molar-refractivity contribution in [2.75, 3.05) is 158 Å². The van der Waals surface area contributed by atoms with E-state index in [4.69, 9.17) is 62.5 Å². The van der Waals surface area contributed by atoms with E-state index in [1.165, 1.54) is 5.06 Å². The maximum Gasteiger partial charge on any atom is 0.313 e. The molecule has 1 unspecified atom stereocenters. The van der Waals surface area contributed by atoms with Gasteiger partial charge >= 0.3 is 16.1 Å². The van der Waals surface area contributed by atoms with Crippen LogP contribution in [0.5, 0.6) is 5.75 Å². The number of amidine groups is 1. The fourth-order valence-electron chi connectivity index (χ4n) is 8.53. The number of aliphatic hydroxyl groups is 2. The number of rotatable bonds is 44. The zero-order valence-electron chi connectivity index (χ0n) is 48.8. The number of nitrogens with two attached hydrogens (primary N) is 1. The van der Waals surface area contributed by atoms with Crippen LogP contribution >= 0.6 is 0 Å². The number of hydrogen-bond donors (Lipinski definition) is 5. The molecule has 5 rings (SSSR count). The van der Waals surface area contributed by atoms with E-state index >= 15 is 0 Å². The Labute approximate surface area is 502 Å². The maximum atomic E-state index is 14.0. The minimum atomic E-state index is -5.66. The molecule has 2 aliphatic heterocycles. The number of likely N-dealkylation sites (tertiary alicyclic amines) is 1. The molecule has 1 fully saturated rings. The number of carbonyl (C=O) groups excluding carboxylic acids is 3. The highest BCUT2D eigenvalue weighted by Gasteiger charge is 2.40. The summed E-state index contributed by atoms with van der Waals surface area (Å²) in [7, 11) is -5.66. The second-order valence-electron chi connectivity index (χ2n) is 19.2. The van der Waals surface area contributed by atoms with Gasteiger partial charge < -0.3 is 73.4 Å². The first kappa shape index (κ1) is 72.1. The Bertz CT molecular complexity index is 2750. The molecular weight excluding hydrogens is 1180 g/mol. The molecular formula is C57H79F4N5O20S. The molecule has 486 valence electrons. The Balaban J connectivity index is 0.776. The van der Waals surface area contributed by atoms with Gasteiger partial charge in [-0.25, -0.2) is 18.8 Å². The first-order chi connectivity index (χ1) is 41.9. The Morgan fingerprint density at radius 2 is 1.17 bits per heavy atom.